The van der Waals surface area contributed by atoms with Gasteiger partial charge in [0.15, 0.2) is 5.60 Å². The van der Waals surface area contributed by atoms with Crippen molar-refractivity contribution >= 4 is 11.8 Å². The van der Waals surface area contributed by atoms with E-state index in [-0.39, 0.29) is 18.4 Å². The molecule has 8 nitrogen and oxygen atoms in total. The molecule has 0 bridgehead atoms. The van der Waals surface area contributed by atoms with Crippen molar-refractivity contribution in [1.29, 1.82) is 0 Å². The first-order valence-corrected chi connectivity index (χ1v) is 12.4. The zero-order valence-corrected chi connectivity index (χ0v) is 20.4. The van der Waals surface area contributed by atoms with Crippen molar-refractivity contribution in [2.75, 3.05) is 39.4 Å². The summed E-state index contributed by atoms with van der Waals surface area (Å²) >= 11 is 0. The Hall–Kier alpha value is -2.87. The average molecular weight is 469 g/mol. The maximum Gasteiger partial charge on any atom is 0.274 e. The van der Waals surface area contributed by atoms with Gasteiger partial charge in [-0.1, -0.05) is 31.5 Å². The van der Waals surface area contributed by atoms with Gasteiger partial charge < -0.3 is 23.8 Å². The highest BCUT2D eigenvalue weighted by atomic mass is 16.5. The van der Waals surface area contributed by atoms with Gasteiger partial charge >= 0.3 is 0 Å². The van der Waals surface area contributed by atoms with E-state index in [0.29, 0.717) is 45.0 Å². The molecule has 2 aliphatic rings. The third-order valence-corrected chi connectivity index (χ3v) is 6.72. The molecular weight excluding hydrogens is 432 g/mol. The molecule has 1 unspecified atom stereocenters. The molecule has 1 aromatic carbocycles. The highest BCUT2D eigenvalue weighted by molar-refractivity contribution is 5.93. The fourth-order valence-corrected chi connectivity index (χ4v) is 4.83. The number of ether oxygens (including phenoxy) is 2. The minimum atomic E-state index is -1.03. The third-order valence-electron chi connectivity index (χ3n) is 6.72. The van der Waals surface area contributed by atoms with Crippen molar-refractivity contribution in [2.24, 2.45) is 7.05 Å². The first kappa shape index (κ1) is 24.3. The Balaban J connectivity index is 1.58. The summed E-state index contributed by atoms with van der Waals surface area (Å²) in [5.74, 6) is 0.721. The minimum absolute atomic E-state index is 0.0306. The van der Waals surface area contributed by atoms with Crippen LogP contribution in [0.2, 0.25) is 0 Å². The number of unbranched alkanes of at least 4 members (excludes halogenated alkanes) is 1. The molecule has 1 spiro atoms. The van der Waals surface area contributed by atoms with E-state index in [4.69, 9.17) is 9.47 Å². The Bertz CT molecular complexity index is 991. The van der Waals surface area contributed by atoms with Crippen LogP contribution in [0.15, 0.2) is 36.8 Å². The van der Waals surface area contributed by atoms with Crippen molar-refractivity contribution in [3.63, 3.8) is 0 Å². The van der Waals surface area contributed by atoms with E-state index in [1.165, 1.54) is 5.56 Å². The number of aromatic nitrogens is 2. The summed E-state index contributed by atoms with van der Waals surface area (Å²) < 4.78 is 14.1. The van der Waals surface area contributed by atoms with Crippen molar-refractivity contribution < 1.29 is 19.1 Å². The van der Waals surface area contributed by atoms with Crippen LogP contribution in [-0.2, 0) is 23.0 Å². The van der Waals surface area contributed by atoms with Gasteiger partial charge in [-0.05, 0) is 43.7 Å². The van der Waals surface area contributed by atoms with Crippen molar-refractivity contribution in [1.82, 2.24) is 19.4 Å². The summed E-state index contributed by atoms with van der Waals surface area (Å²) in [6.07, 6.45) is 8.46. The van der Waals surface area contributed by atoms with Gasteiger partial charge in [0.05, 0.1) is 26.0 Å². The molecule has 2 aliphatic heterocycles. The van der Waals surface area contributed by atoms with Crippen molar-refractivity contribution in [3.05, 3.63) is 48.0 Å². The normalized spacial score (nSPS) is 22.0. The molecule has 34 heavy (non-hydrogen) atoms. The van der Waals surface area contributed by atoms with Gasteiger partial charge in [-0.15, -0.1) is 0 Å². The molecule has 0 N–H and O–H groups in total. The Morgan fingerprint density at radius 2 is 2.03 bits per heavy atom. The molecule has 4 rings (SSSR count). The smallest absolute Gasteiger partial charge is 0.274 e. The van der Waals surface area contributed by atoms with Crippen LogP contribution < -0.4 is 4.74 Å². The lowest BCUT2D eigenvalue weighted by atomic mass is 9.90. The number of fused-ring (bicyclic) bond motifs is 1. The summed E-state index contributed by atoms with van der Waals surface area (Å²) in [6.45, 7) is 4.74. The monoisotopic (exact) mass is 468 g/mol. The molecule has 0 radical (unpaired) electrons. The van der Waals surface area contributed by atoms with Crippen LogP contribution >= 0.6 is 0 Å². The highest BCUT2D eigenvalue weighted by Gasteiger charge is 2.46. The minimum Gasteiger partial charge on any atom is -0.491 e. The standard InChI is InChI=1S/C26H36N4O4/c1-3-4-13-29-14-16-33-23-11-6-5-9-21(23)10-7-8-12-26(25(29)32)19-30(15-17-34-26)24(31)22-18-28(2)20-27-22/h5-6,9,11,18,20H,3-4,7-8,10,12-17,19H2,1-2H3. The lowest BCUT2D eigenvalue weighted by Crippen LogP contribution is -2.62. The van der Waals surface area contributed by atoms with Gasteiger partial charge in [0.2, 0.25) is 0 Å². The highest BCUT2D eigenvalue weighted by Crippen LogP contribution is 2.30. The molecule has 2 amide bonds. The number of para-hydroxylation sites is 1. The van der Waals surface area contributed by atoms with Crippen LogP contribution in [0.25, 0.3) is 0 Å². The predicted octanol–water partition coefficient (Wildman–Crippen LogP) is 3.07. The summed E-state index contributed by atoms with van der Waals surface area (Å²) in [5.41, 5.74) is 0.558. The fraction of sp³-hybridized carbons (Fsp3) is 0.577. The molecule has 1 aromatic heterocycles. The number of carbonyl (C=O) groups excluding carboxylic acids is 2. The van der Waals surface area contributed by atoms with Crippen molar-refractivity contribution in [2.45, 2.75) is 51.0 Å². The van der Waals surface area contributed by atoms with E-state index in [1.807, 2.05) is 30.1 Å². The number of nitrogens with zero attached hydrogens (tertiary/aromatic N) is 4. The number of hydrogen-bond donors (Lipinski definition) is 0. The van der Waals surface area contributed by atoms with E-state index >= 15 is 0 Å². The molecule has 2 aromatic rings. The molecule has 1 atom stereocenters. The van der Waals surface area contributed by atoms with Gasteiger partial charge in [0, 0.05) is 26.3 Å². The zero-order valence-electron chi connectivity index (χ0n) is 20.4. The van der Waals surface area contributed by atoms with Crippen LogP contribution in [0.5, 0.6) is 5.75 Å². The molecule has 184 valence electrons. The van der Waals surface area contributed by atoms with E-state index in [1.54, 1.807) is 22.0 Å². The van der Waals surface area contributed by atoms with Crippen LogP contribution in [0.3, 0.4) is 0 Å². The Labute approximate surface area is 201 Å². The van der Waals surface area contributed by atoms with Gasteiger partial charge in [0.1, 0.15) is 18.1 Å². The second-order valence-corrected chi connectivity index (χ2v) is 9.30. The number of hydrogen-bond acceptors (Lipinski definition) is 5. The number of morpholine rings is 1. The maximum absolute atomic E-state index is 14.0. The van der Waals surface area contributed by atoms with E-state index in [0.717, 1.165) is 37.9 Å². The third kappa shape index (κ3) is 5.43. The lowest BCUT2D eigenvalue weighted by Gasteiger charge is -2.44. The van der Waals surface area contributed by atoms with Crippen LogP contribution in [0.1, 0.15) is 55.1 Å². The maximum atomic E-state index is 14.0. The van der Waals surface area contributed by atoms with Gasteiger partial charge in [-0.3, -0.25) is 9.59 Å². The van der Waals surface area contributed by atoms with E-state index < -0.39 is 5.60 Å². The van der Waals surface area contributed by atoms with Gasteiger partial charge in [-0.25, -0.2) is 4.98 Å². The van der Waals surface area contributed by atoms with Gasteiger partial charge in [-0.2, -0.15) is 0 Å². The number of imidazole rings is 1. The summed E-state index contributed by atoms with van der Waals surface area (Å²) in [6, 6.07) is 8.15. The first-order chi connectivity index (χ1) is 16.5. The number of amides is 2. The van der Waals surface area contributed by atoms with Gasteiger partial charge in [0.25, 0.3) is 11.8 Å². The summed E-state index contributed by atoms with van der Waals surface area (Å²) in [5, 5.41) is 0. The number of rotatable bonds is 4. The summed E-state index contributed by atoms with van der Waals surface area (Å²) in [4.78, 5) is 35.0. The zero-order chi connectivity index (χ0) is 24.0. The molecule has 0 saturated carbocycles. The molecule has 1 saturated heterocycles. The average Bonchev–Trinajstić information content (AvgIpc) is 3.29. The quantitative estimate of drug-likeness (QED) is 0.689. The van der Waals surface area contributed by atoms with Crippen LogP contribution in [0.4, 0.5) is 0 Å². The number of carbonyl (C=O) groups is 2. The Kier molecular flexibility index (Phi) is 7.88. The largest absolute Gasteiger partial charge is 0.491 e. The van der Waals surface area contributed by atoms with E-state index in [9.17, 15) is 9.59 Å². The number of benzene rings is 1. The first-order valence-electron chi connectivity index (χ1n) is 12.4. The van der Waals surface area contributed by atoms with E-state index in [2.05, 4.69) is 18.0 Å². The molecular formula is C26H36N4O4. The SMILES string of the molecule is CCCCN1CCOc2ccccc2CCCCC2(CN(C(=O)c3cn(C)cn3)CCO2)C1=O. The second-order valence-electron chi connectivity index (χ2n) is 9.30. The predicted molar refractivity (Wildman–Crippen MR) is 129 cm³/mol. The Morgan fingerprint density at radius 3 is 2.82 bits per heavy atom. The lowest BCUT2D eigenvalue weighted by molar-refractivity contribution is -0.170. The van der Waals surface area contributed by atoms with Crippen LogP contribution in [0, 0.1) is 0 Å². The summed E-state index contributed by atoms with van der Waals surface area (Å²) in [7, 11) is 1.84. The molecule has 8 heteroatoms. The second kappa shape index (κ2) is 11.0. The fourth-order valence-electron chi connectivity index (χ4n) is 4.83. The molecule has 3 heterocycles. The topological polar surface area (TPSA) is 76.9 Å². The molecule has 0 aliphatic carbocycles. The van der Waals surface area contributed by atoms with Crippen LogP contribution in [-0.4, -0.2) is 76.2 Å². The number of aryl methyl sites for hydroxylation is 2. The van der Waals surface area contributed by atoms with Crippen molar-refractivity contribution in [3.8, 4) is 5.75 Å². The molecule has 1 fully saturated rings. The Morgan fingerprint density at radius 1 is 1.18 bits per heavy atom.